The molecule has 0 saturated heterocycles. The molecule has 0 rings (SSSR count). The molecule has 6 nitrogen and oxygen atoms in total. The third-order valence-corrected chi connectivity index (χ3v) is 1.89. The number of likely N-dealkylation sites (N-methyl/N-ethyl adjacent to an activating group) is 1. The van der Waals surface area contributed by atoms with Crippen LogP contribution in [-0.2, 0) is 9.59 Å². The Kier molecular flexibility index (Phi) is 7.41. The van der Waals surface area contributed by atoms with Crippen LogP contribution in [0.5, 0.6) is 0 Å². The van der Waals surface area contributed by atoms with Gasteiger partial charge in [-0.05, 0) is 0 Å². The van der Waals surface area contributed by atoms with Crippen LogP contribution >= 0.6 is 0 Å². The minimum absolute atomic E-state index is 0. The van der Waals surface area contributed by atoms with E-state index in [2.05, 4.69) is 0 Å². The molecule has 14 heavy (non-hydrogen) atoms. The molecule has 0 fully saturated rings. The first-order chi connectivity index (χ1) is 5.78. The average molecular weight is 215 g/mol. The molecule has 0 bridgehead atoms. The number of aliphatic carboxylic acids is 2. The zero-order chi connectivity index (χ0) is 10.6. The van der Waals surface area contributed by atoms with Crippen molar-refractivity contribution in [1.29, 1.82) is 0 Å². The standard InChI is InChI=1S/C7H13NO5.Na.H/c1-5(9)8(2,3-6(10)11)4-7(12)13;;/h5,9H,3-4H2,1-2H3,(H-,10,11,12,13);;. The number of aliphatic hydroxyl groups excluding tert-OH is 1. The Morgan fingerprint density at radius 2 is 1.86 bits per heavy atom. The summed E-state index contributed by atoms with van der Waals surface area (Å²) in [4.78, 5) is 20.6. The van der Waals surface area contributed by atoms with Crippen LogP contribution in [0.4, 0.5) is 0 Å². The van der Waals surface area contributed by atoms with Crippen molar-refractivity contribution in [2.45, 2.75) is 13.2 Å². The van der Waals surface area contributed by atoms with Gasteiger partial charge in [0, 0.05) is 6.92 Å². The zero-order valence-electron chi connectivity index (χ0n) is 7.56. The van der Waals surface area contributed by atoms with Crippen molar-refractivity contribution in [3.8, 4) is 0 Å². The first kappa shape index (κ1) is 16.3. The Labute approximate surface area is 104 Å². The molecule has 2 atom stereocenters. The molecule has 0 amide bonds. The normalized spacial score (nSPS) is 16.2. The monoisotopic (exact) mass is 215 g/mol. The van der Waals surface area contributed by atoms with E-state index in [0.29, 0.717) is 0 Å². The van der Waals surface area contributed by atoms with Gasteiger partial charge in [0.05, 0.1) is 13.0 Å². The van der Waals surface area contributed by atoms with Gasteiger partial charge in [0.25, 0.3) is 0 Å². The number of carbonyl (C=O) groups is 2. The fourth-order valence-corrected chi connectivity index (χ4v) is 0.924. The van der Waals surface area contributed by atoms with Crippen molar-refractivity contribution in [3.05, 3.63) is 0 Å². The summed E-state index contributed by atoms with van der Waals surface area (Å²) >= 11 is 0. The van der Waals surface area contributed by atoms with E-state index in [1.807, 2.05) is 0 Å². The van der Waals surface area contributed by atoms with Crippen LogP contribution < -0.4 is 5.11 Å². The van der Waals surface area contributed by atoms with Crippen LogP contribution in [0.2, 0.25) is 0 Å². The Balaban J connectivity index is 0. The van der Waals surface area contributed by atoms with Gasteiger partial charge in [-0.15, -0.1) is 0 Å². The molecule has 0 heterocycles. The number of hydrogen-bond acceptors (Lipinski definition) is 4. The summed E-state index contributed by atoms with van der Waals surface area (Å²) in [5, 5.41) is 27.9. The molecule has 0 spiro atoms. The fraction of sp³-hybridized carbons (Fsp3) is 0.714. The topological polar surface area (TPSA) is 97.7 Å². The molecule has 0 aliphatic heterocycles. The maximum atomic E-state index is 10.4. The van der Waals surface area contributed by atoms with E-state index in [1.54, 1.807) is 0 Å². The Hall–Kier alpha value is -0.140. The number of nitrogens with zero attached hydrogens (tertiary/aromatic N) is 1. The predicted octanol–water partition coefficient (Wildman–Crippen LogP) is -3.04. The second kappa shape index (κ2) is 6.36. The average Bonchev–Trinajstić information content (AvgIpc) is 1.82. The van der Waals surface area contributed by atoms with Crippen molar-refractivity contribution in [2.75, 3.05) is 20.1 Å². The number of quaternary nitrogens is 1. The van der Waals surface area contributed by atoms with Gasteiger partial charge in [-0.2, -0.15) is 0 Å². The SMILES string of the molecule is CC(O)[N+](C)(CC(=O)[O-])CC(=O)O.[NaH]. The molecule has 0 aliphatic carbocycles. The molecular weight excluding hydrogens is 201 g/mol. The summed E-state index contributed by atoms with van der Waals surface area (Å²) in [5.41, 5.74) is 0. The van der Waals surface area contributed by atoms with Gasteiger partial charge in [0.1, 0.15) is 6.54 Å². The molecule has 0 aliphatic rings. The summed E-state index contributed by atoms with van der Waals surface area (Å²) in [7, 11) is 1.34. The van der Waals surface area contributed by atoms with Gasteiger partial charge in [-0.1, -0.05) is 0 Å². The summed E-state index contributed by atoms with van der Waals surface area (Å²) in [5.74, 6) is -2.55. The molecule has 7 heteroatoms. The molecule has 0 aromatic carbocycles. The van der Waals surface area contributed by atoms with Gasteiger partial charge in [0.2, 0.25) is 0 Å². The summed E-state index contributed by atoms with van der Waals surface area (Å²) in [6, 6.07) is 0. The first-order valence-corrected chi connectivity index (χ1v) is 3.72. The van der Waals surface area contributed by atoms with Crippen LogP contribution in [0.25, 0.3) is 0 Å². The number of carboxylic acids is 2. The Morgan fingerprint density at radius 1 is 1.43 bits per heavy atom. The number of aliphatic hydroxyl groups is 1. The van der Waals surface area contributed by atoms with E-state index in [9.17, 15) is 19.8 Å². The molecule has 78 valence electrons. The van der Waals surface area contributed by atoms with E-state index in [4.69, 9.17) is 5.11 Å². The van der Waals surface area contributed by atoms with Crippen LogP contribution in [0.3, 0.4) is 0 Å². The molecular formula is C7H14NNaO5. The second-order valence-corrected chi connectivity index (χ2v) is 3.19. The fourth-order valence-electron chi connectivity index (χ4n) is 0.924. The maximum absolute atomic E-state index is 10.4. The molecule has 0 aromatic rings. The summed E-state index contributed by atoms with van der Waals surface area (Å²) in [6.07, 6.45) is -1.06. The van der Waals surface area contributed by atoms with Gasteiger partial charge in [-0.25, -0.2) is 4.79 Å². The summed E-state index contributed by atoms with van der Waals surface area (Å²) < 4.78 is -0.488. The minimum atomic E-state index is -1.38. The number of rotatable bonds is 5. The third-order valence-electron chi connectivity index (χ3n) is 1.89. The summed E-state index contributed by atoms with van der Waals surface area (Å²) in [6.45, 7) is 0.363. The van der Waals surface area contributed by atoms with E-state index < -0.39 is 35.7 Å². The van der Waals surface area contributed by atoms with E-state index >= 15 is 0 Å². The van der Waals surface area contributed by atoms with Gasteiger partial charge in [0.15, 0.2) is 12.8 Å². The van der Waals surface area contributed by atoms with Crippen molar-refractivity contribution in [1.82, 2.24) is 0 Å². The second-order valence-electron chi connectivity index (χ2n) is 3.19. The number of carboxylic acid groups (broad SMARTS) is 2. The number of hydrogen-bond donors (Lipinski definition) is 2. The van der Waals surface area contributed by atoms with Crippen LogP contribution in [0, 0.1) is 0 Å². The van der Waals surface area contributed by atoms with Crippen molar-refractivity contribution >= 4 is 41.5 Å². The molecule has 0 aromatic heterocycles. The number of carbonyl (C=O) groups excluding carboxylic acids is 1. The van der Waals surface area contributed by atoms with Gasteiger partial charge >= 0.3 is 35.5 Å². The predicted molar refractivity (Wildman–Crippen MR) is 47.4 cm³/mol. The van der Waals surface area contributed by atoms with Crippen LogP contribution in [0.15, 0.2) is 0 Å². The molecule has 2 N–H and O–H groups in total. The first-order valence-electron chi connectivity index (χ1n) is 3.72. The van der Waals surface area contributed by atoms with E-state index in [1.165, 1.54) is 14.0 Å². The van der Waals surface area contributed by atoms with Crippen molar-refractivity contribution in [2.24, 2.45) is 0 Å². The Morgan fingerprint density at radius 3 is 2.07 bits per heavy atom. The zero-order valence-corrected chi connectivity index (χ0v) is 7.56. The van der Waals surface area contributed by atoms with Crippen molar-refractivity contribution in [3.63, 3.8) is 0 Å². The van der Waals surface area contributed by atoms with Crippen molar-refractivity contribution < 1.29 is 29.4 Å². The molecule has 0 radical (unpaired) electrons. The van der Waals surface area contributed by atoms with Gasteiger partial charge in [-0.3, -0.25) is 4.48 Å². The quantitative estimate of drug-likeness (QED) is 0.288. The van der Waals surface area contributed by atoms with Gasteiger partial charge < -0.3 is 20.1 Å². The molecule has 0 saturated carbocycles. The molecule has 2 unspecified atom stereocenters. The van der Waals surface area contributed by atoms with Crippen LogP contribution in [-0.4, -0.2) is 82.6 Å². The third kappa shape index (κ3) is 5.56. The Bertz CT molecular complexity index is 202. The van der Waals surface area contributed by atoms with E-state index in [0.717, 1.165) is 0 Å². The van der Waals surface area contributed by atoms with E-state index in [-0.39, 0.29) is 29.6 Å². The van der Waals surface area contributed by atoms with Crippen LogP contribution in [0.1, 0.15) is 6.92 Å².